The Labute approximate surface area is 222 Å². The van der Waals surface area contributed by atoms with Gasteiger partial charge in [-0.2, -0.15) is 0 Å². The van der Waals surface area contributed by atoms with Gasteiger partial charge in [0.25, 0.3) is 11.8 Å². The molecule has 202 valence electrons. The zero-order valence-corrected chi connectivity index (χ0v) is 22.0. The van der Waals surface area contributed by atoms with E-state index in [9.17, 15) is 18.8 Å². The van der Waals surface area contributed by atoms with Gasteiger partial charge in [-0.25, -0.2) is 4.39 Å². The molecule has 8 nitrogen and oxygen atoms in total. The number of piperazine rings is 1. The number of ether oxygens (including phenoxy) is 1. The van der Waals surface area contributed by atoms with E-state index in [4.69, 9.17) is 4.74 Å². The molecule has 2 fully saturated rings. The second-order valence-electron chi connectivity index (χ2n) is 10.5. The average Bonchev–Trinajstić information content (AvgIpc) is 3.28. The minimum absolute atomic E-state index is 0.126. The third kappa shape index (κ3) is 5.25. The topological polar surface area (TPSA) is 82.2 Å². The molecule has 0 aliphatic carbocycles. The highest BCUT2D eigenvalue weighted by Gasteiger charge is 2.39. The number of hydrogen-bond donors (Lipinski definition) is 1. The minimum atomic E-state index is -0.615. The van der Waals surface area contributed by atoms with Crippen molar-refractivity contribution in [2.75, 3.05) is 64.9 Å². The van der Waals surface area contributed by atoms with Gasteiger partial charge in [0.2, 0.25) is 5.78 Å². The van der Waals surface area contributed by atoms with Crippen molar-refractivity contribution in [3.05, 3.63) is 58.9 Å². The number of carbonyl (C=O) groups excluding carboxylic acids is 3. The molecule has 3 heterocycles. The molecule has 3 aliphatic heterocycles. The minimum Gasteiger partial charge on any atom is -0.496 e. The molecule has 0 bridgehead atoms. The molecule has 3 aliphatic rings. The quantitative estimate of drug-likeness (QED) is 0.587. The number of fused-ring (bicyclic) bond motifs is 1. The lowest BCUT2D eigenvalue weighted by atomic mass is 9.89. The number of hydrogen-bond acceptors (Lipinski definition) is 6. The van der Waals surface area contributed by atoms with E-state index in [1.807, 2.05) is 35.0 Å². The molecule has 0 saturated carbocycles. The summed E-state index contributed by atoms with van der Waals surface area (Å²) in [4.78, 5) is 45.3. The molecule has 2 aromatic carbocycles. The maximum Gasteiger partial charge on any atom is 0.290 e. The van der Waals surface area contributed by atoms with Crippen LogP contribution >= 0.6 is 0 Å². The monoisotopic (exact) mass is 522 g/mol. The van der Waals surface area contributed by atoms with Crippen LogP contribution in [0.1, 0.15) is 40.2 Å². The van der Waals surface area contributed by atoms with Crippen molar-refractivity contribution in [1.82, 2.24) is 15.1 Å². The number of carbonyl (C=O) groups is 3. The number of ketones is 1. The molecule has 2 saturated heterocycles. The lowest BCUT2D eigenvalue weighted by molar-refractivity contribution is -0.145. The van der Waals surface area contributed by atoms with Crippen LogP contribution < -0.4 is 15.0 Å². The van der Waals surface area contributed by atoms with Crippen LogP contribution in [-0.2, 0) is 16.0 Å². The molecule has 9 heteroatoms. The molecule has 2 aromatic rings. The van der Waals surface area contributed by atoms with Crippen LogP contribution in [0.15, 0.2) is 36.4 Å². The van der Waals surface area contributed by atoms with Gasteiger partial charge in [-0.15, -0.1) is 0 Å². The van der Waals surface area contributed by atoms with E-state index in [2.05, 4.69) is 5.32 Å². The highest BCUT2D eigenvalue weighted by molar-refractivity contribution is 6.38. The number of halogens is 1. The Morgan fingerprint density at radius 2 is 1.68 bits per heavy atom. The van der Waals surface area contributed by atoms with Gasteiger partial charge in [0.1, 0.15) is 11.6 Å². The molecule has 0 radical (unpaired) electrons. The van der Waals surface area contributed by atoms with Gasteiger partial charge in [-0.05, 0) is 54.5 Å². The van der Waals surface area contributed by atoms with Gasteiger partial charge in [-0.3, -0.25) is 14.4 Å². The smallest absolute Gasteiger partial charge is 0.290 e. The standard InChI is InChI=1S/C29H35FN4O4/c1-32-18-24(27(35)29(37)34-13-9-31-10-14-34)22-16-23(26(38-2)17-25(22)32)28(36)33-11-7-20(8-12-33)15-19-3-5-21(30)6-4-19/h3-6,16-17,20,24,31H,7-15,18H2,1-2H3. The number of piperidine rings is 1. The first-order valence-electron chi connectivity index (χ1n) is 13.4. The molecule has 38 heavy (non-hydrogen) atoms. The SMILES string of the molecule is COc1cc2c(cc1C(=O)N1CCC(Cc3ccc(F)cc3)CC1)C(C(=O)C(=O)N1CCNCC1)CN2C. The highest BCUT2D eigenvalue weighted by Crippen LogP contribution is 2.41. The summed E-state index contributed by atoms with van der Waals surface area (Å²) in [7, 11) is 3.42. The third-order valence-electron chi connectivity index (χ3n) is 8.09. The molecule has 0 aromatic heterocycles. The fourth-order valence-corrected chi connectivity index (χ4v) is 5.86. The first-order valence-corrected chi connectivity index (χ1v) is 13.4. The lowest BCUT2D eigenvalue weighted by Crippen LogP contribution is -2.49. The molecule has 1 unspecified atom stereocenters. The highest BCUT2D eigenvalue weighted by atomic mass is 19.1. The van der Waals surface area contributed by atoms with Crippen molar-refractivity contribution < 1.29 is 23.5 Å². The summed E-state index contributed by atoms with van der Waals surface area (Å²) in [6, 6.07) is 10.2. The summed E-state index contributed by atoms with van der Waals surface area (Å²) in [5.74, 6) is -0.961. The van der Waals surface area contributed by atoms with E-state index in [0.29, 0.717) is 68.6 Å². The summed E-state index contributed by atoms with van der Waals surface area (Å²) < 4.78 is 18.8. The second kappa shape index (κ2) is 11.1. The van der Waals surface area contributed by atoms with Crippen molar-refractivity contribution in [3.63, 3.8) is 0 Å². The summed E-state index contributed by atoms with van der Waals surface area (Å²) in [6.45, 7) is 4.02. The Morgan fingerprint density at radius 1 is 1.00 bits per heavy atom. The maximum atomic E-state index is 13.6. The summed E-state index contributed by atoms with van der Waals surface area (Å²) >= 11 is 0. The van der Waals surface area contributed by atoms with Gasteiger partial charge in [0.15, 0.2) is 0 Å². The predicted molar refractivity (Wildman–Crippen MR) is 142 cm³/mol. The fourth-order valence-electron chi connectivity index (χ4n) is 5.86. The zero-order chi connectivity index (χ0) is 26.8. The zero-order valence-electron chi connectivity index (χ0n) is 22.0. The van der Waals surface area contributed by atoms with E-state index in [1.165, 1.54) is 12.1 Å². The number of anilines is 1. The Morgan fingerprint density at radius 3 is 2.34 bits per heavy atom. The second-order valence-corrected chi connectivity index (χ2v) is 10.5. The molecule has 5 rings (SSSR count). The van der Waals surface area contributed by atoms with Crippen molar-refractivity contribution in [3.8, 4) is 5.75 Å². The number of benzene rings is 2. The Balaban J connectivity index is 1.31. The number of methoxy groups -OCH3 is 1. The van der Waals surface area contributed by atoms with Crippen molar-refractivity contribution in [1.29, 1.82) is 0 Å². The molecule has 1 N–H and O–H groups in total. The normalized spacial score (nSPS) is 19.9. The van der Waals surface area contributed by atoms with Gasteiger partial charge < -0.3 is 24.8 Å². The van der Waals surface area contributed by atoms with E-state index < -0.39 is 17.6 Å². The number of nitrogens with one attached hydrogen (secondary N) is 1. The van der Waals surface area contributed by atoms with E-state index in [-0.39, 0.29) is 11.7 Å². The number of likely N-dealkylation sites (tertiary alicyclic amines) is 1. The number of Topliss-reactive ketones (excluding diaryl/α,β-unsaturated/α-hetero) is 1. The Bertz CT molecular complexity index is 1200. The molecule has 2 amide bonds. The number of rotatable bonds is 6. The Kier molecular flexibility index (Phi) is 7.65. The van der Waals surface area contributed by atoms with Crippen LogP contribution in [0.3, 0.4) is 0 Å². The molecular formula is C29H35FN4O4. The van der Waals surface area contributed by atoms with E-state index in [0.717, 1.165) is 30.5 Å². The number of amides is 2. The Hall–Kier alpha value is -3.46. The van der Waals surface area contributed by atoms with Crippen molar-refractivity contribution in [2.24, 2.45) is 5.92 Å². The van der Waals surface area contributed by atoms with E-state index >= 15 is 0 Å². The third-order valence-corrected chi connectivity index (χ3v) is 8.09. The van der Waals surface area contributed by atoms with Gasteiger partial charge >= 0.3 is 0 Å². The number of nitrogens with zero attached hydrogens (tertiary/aromatic N) is 3. The van der Waals surface area contributed by atoms with Crippen LogP contribution in [0, 0.1) is 11.7 Å². The lowest BCUT2D eigenvalue weighted by Gasteiger charge is -2.32. The first-order chi connectivity index (χ1) is 18.4. The molecule has 1 atom stereocenters. The molecular weight excluding hydrogens is 487 g/mol. The van der Waals surface area contributed by atoms with Crippen LogP contribution in [0.4, 0.5) is 10.1 Å². The van der Waals surface area contributed by atoms with Gasteiger partial charge in [-0.1, -0.05) is 12.1 Å². The fraction of sp³-hybridized carbons (Fsp3) is 0.483. The maximum absolute atomic E-state index is 13.6. The van der Waals surface area contributed by atoms with Crippen LogP contribution in [-0.4, -0.2) is 87.4 Å². The van der Waals surface area contributed by atoms with Crippen molar-refractivity contribution >= 4 is 23.3 Å². The summed E-state index contributed by atoms with van der Waals surface area (Å²) in [5, 5.41) is 3.20. The first kappa shape index (κ1) is 26.2. The van der Waals surface area contributed by atoms with Crippen LogP contribution in [0.5, 0.6) is 5.75 Å². The van der Waals surface area contributed by atoms with Gasteiger partial charge in [0, 0.05) is 64.6 Å². The van der Waals surface area contributed by atoms with Crippen molar-refractivity contribution in [2.45, 2.75) is 25.2 Å². The van der Waals surface area contributed by atoms with Crippen LogP contribution in [0.2, 0.25) is 0 Å². The average molecular weight is 523 g/mol. The number of likely N-dealkylation sites (N-methyl/N-ethyl adjacent to an activating group) is 1. The van der Waals surface area contributed by atoms with E-state index in [1.54, 1.807) is 18.1 Å². The van der Waals surface area contributed by atoms with Crippen LogP contribution in [0.25, 0.3) is 0 Å². The predicted octanol–water partition coefficient (Wildman–Crippen LogP) is 2.46. The largest absolute Gasteiger partial charge is 0.496 e. The summed E-state index contributed by atoms with van der Waals surface area (Å²) in [6.07, 6.45) is 2.58. The summed E-state index contributed by atoms with van der Waals surface area (Å²) in [5.41, 5.74) is 3.04. The van der Waals surface area contributed by atoms with Gasteiger partial charge in [0.05, 0.1) is 18.6 Å². The molecule has 0 spiro atoms.